The van der Waals surface area contributed by atoms with E-state index in [1.165, 1.54) is 17.3 Å². The van der Waals surface area contributed by atoms with Crippen molar-refractivity contribution < 1.29 is 14.6 Å². The van der Waals surface area contributed by atoms with Gasteiger partial charge in [0.1, 0.15) is 11.6 Å². The van der Waals surface area contributed by atoms with Gasteiger partial charge < -0.3 is 14.4 Å². The number of hydrogen-bond donors (Lipinski definition) is 1. The highest BCUT2D eigenvalue weighted by molar-refractivity contribution is 7.99. The number of aryl methyl sites for hydroxylation is 2. The molecule has 1 aromatic carbocycles. The standard InChI is InChI=1S/C16H21N3O3S/c1-3-19-14(17-18-16(19)23-11-15(20)21)8-5-9-22-13-7-4-6-12(2)10-13/h4,6-7,10H,3,5,8-9,11H2,1-2H3,(H,20,21). The number of ether oxygens (including phenoxy) is 1. The van der Waals surface area contributed by atoms with Gasteiger partial charge in [-0.05, 0) is 38.0 Å². The first-order chi connectivity index (χ1) is 11.1. The molecule has 0 atom stereocenters. The number of carboxylic acid groups (broad SMARTS) is 1. The van der Waals surface area contributed by atoms with Crippen molar-refractivity contribution >= 4 is 17.7 Å². The largest absolute Gasteiger partial charge is 0.494 e. The van der Waals surface area contributed by atoms with Gasteiger partial charge in [-0.25, -0.2) is 0 Å². The van der Waals surface area contributed by atoms with Crippen molar-refractivity contribution in [1.82, 2.24) is 14.8 Å². The Balaban J connectivity index is 1.84. The Morgan fingerprint density at radius 3 is 2.91 bits per heavy atom. The Morgan fingerprint density at radius 2 is 2.22 bits per heavy atom. The van der Waals surface area contributed by atoms with E-state index in [2.05, 4.69) is 10.2 Å². The zero-order valence-corrected chi connectivity index (χ0v) is 14.2. The van der Waals surface area contributed by atoms with E-state index in [1.807, 2.05) is 42.7 Å². The van der Waals surface area contributed by atoms with Gasteiger partial charge in [-0.15, -0.1) is 10.2 Å². The van der Waals surface area contributed by atoms with Crippen LogP contribution in [-0.2, 0) is 17.8 Å². The van der Waals surface area contributed by atoms with Crippen molar-refractivity contribution in [2.75, 3.05) is 12.4 Å². The summed E-state index contributed by atoms with van der Waals surface area (Å²) in [7, 11) is 0. The zero-order chi connectivity index (χ0) is 16.7. The number of carbonyl (C=O) groups is 1. The summed E-state index contributed by atoms with van der Waals surface area (Å²) in [5, 5.41) is 17.7. The van der Waals surface area contributed by atoms with Gasteiger partial charge in [-0.2, -0.15) is 0 Å². The van der Waals surface area contributed by atoms with Gasteiger partial charge in [-0.3, -0.25) is 4.79 Å². The van der Waals surface area contributed by atoms with Crippen molar-refractivity contribution in [2.24, 2.45) is 0 Å². The second kappa shape index (κ2) is 8.57. The van der Waals surface area contributed by atoms with Gasteiger partial charge in [0.05, 0.1) is 12.4 Å². The zero-order valence-electron chi connectivity index (χ0n) is 13.4. The van der Waals surface area contributed by atoms with Crippen molar-refractivity contribution in [3.05, 3.63) is 35.7 Å². The fraction of sp³-hybridized carbons (Fsp3) is 0.438. The van der Waals surface area contributed by atoms with Crippen LogP contribution in [-0.4, -0.2) is 38.2 Å². The van der Waals surface area contributed by atoms with E-state index in [1.54, 1.807) is 0 Å². The van der Waals surface area contributed by atoms with E-state index in [-0.39, 0.29) is 5.75 Å². The van der Waals surface area contributed by atoms with Crippen molar-refractivity contribution in [2.45, 2.75) is 38.4 Å². The highest BCUT2D eigenvalue weighted by Gasteiger charge is 2.12. The molecule has 1 heterocycles. The summed E-state index contributed by atoms with van der Waals surface area (Å²) >= 11 is 1.20. The van der Waals surface area contributed by atoms with E-state index in [0.29, 0.717) is 11.8 Å². The minimum atomic E-state index is -0.853. The molecule has 0 amide bonds. The third kappa shape index (κ3) is 5.28. The molecular weight excluding hydrogens is 314 g/mol. The van der Waals surface area contributed by atoms with Crippen LogP contribution in [0.15, 0.2) is 29.4 Å². The van der Waals surface area contributed by atoms with E-state index in [9.17, 15) is 4.79 Å². The van der Waals surface area contributed by atoms with Crippen molar-refractivity contribution in [1.29, 1.82) is 0 Å². The van der Waals surface area contributed by atoms with Crippen molar-refractivity contribution in [3.63, 3.8) is 0 Å². The average Bonchev–Trinajstić information content (AvgIpc) is 2.91. The van der Waals surface area contributed by atoms with Crippen LogP contribution in [0, 0.1) is 6.92 Å². The van der Waals surface area contributed by atoms with Crippen LogP contribution in [0.4, 0.5) is 0 Å². The maximum absolute atomic E-state index is 10.7. The Morgan fingerprint density at radius 1 is 1.39 bits per heavy atom. The van der Waals surface area contributed by atoms with Crippen LogP contribution in [0.3, 0.4) is 0 Å². The molecule has 0 saturated heterocycles. The SMILES string of the molecule is CCn1c(CCCOc2cccc(C)c2)nnc1SCC(=O)O. The third-order valence-corrected chi connectivity index (χ3v) is 4.19. The third-order valence-electron chi connectivity index (χ3n) is 3.24. The van der Waals surface area contributed by atoms with E-state index >= 15 is 0 Å². The van der Waals surface area contributed by atoms with E-state index in [4.69, 9.17) is 9.84 Å². The molecule has 7 heteroatoms. The van der Waals surface area contributed by atoms with Crippen LogP contribution >= 0.6 is 11.8 Å². The maximum Gasteiger partial charge on any atom is 0.313 e. The highest BCUT2D eigenvalue weighted by Crippen LogP contribution is 2.18. The van der Waals surface area contributed by atoms with Gasteiger partial charge in [0.2, 0.25) is 0 Å². The smallest absolute Gasteiger partial charge is 0.313 e. The monoisotopic (exact) mass is 335 g/mol. The van der Waals surface area contributed by atoms with Crippen molar-refractivity contribution in [3.8, 4) is 5.75 Å². The molecule has 0 bridgehead atoms. The van der Waals surface area contributed by atoms with Gasteiger partial charge in [0.15, 0.2) is 5.16 Å². The van der Waals surface area contributed by atoms with Gasteiger partial charge >= 0.3 is 5.97 Å². The number of rotatable bonds is 9. The lowest BCUT2D eigenvalue weighted by atomic mass is 10.2. The molecule has 1 N–H and O–H groups in total. The maximum atomic E-state index is 10.7. The molecule has 6 nitrogen and oxygen atoms in total. The molecule has 2 rings (SSSR count). The first-order valence-corrected chi connectivity index (χ1v) is 8.55. The van der Waals surface area contributed by atoms with Crippen LogP contribution in [0.1, 0.15) is 24.7 Å². The lowest BCUT2D eigenvalue weighted by Gasteiger charge is -2.08. The first-order valence-electron chi connectivity index (χ1n) is 7.56. The summed E-state index contributed by atoms with van der Waals surface area (Å²) in [5.41, 5.74) is 1.17. The molecule has 0 fully saturated rings. The predicted molar refractivity (Wildman–Crippen MR) is 89.1 cm³/mol. The lowest BCUT2D eigenvalue weighted by molar-refractivity contribution is -0.133. The minimum Gasteiger partial charge on any atom is -0.494 e. The normalized spacial score (nSPS) is 10.7. The molecule has 0 spiro atoms. The molecule has 0 saturated carbocycles. The van der Waals surface area contributed by atoms with Crippen LogP contribution in [0.25, 0.3) is 0 Å². The second-order valence-corrected chi connectivity index (χ2v) is 6.04. The van der Waals surface area contributed by atoms with Crippen LogP contribution < -0.4 is 4.74 Å². The second-order valence-electron chi connectivity index (χ2n) is 5.09. The van der Waals surface area contributed by atoms with E-state index in [0.717, 1.165) is 31.0 Å². The first kappa shape index (κ1) is 17.3. The Kier molecular flexibility index (Phi) is 6.46. The molecule has 2 aromatic rings. The van der Waals surface area contributed by atoms with Gasteiger partial charge in [0, 0.05) is 13.0 Å². The molecule has 0 aliphatic heterocycles. The number of aromatic nitrogens is 3. The summed E-state index contributed by atoms with van der Waals surface area (Å²) in [4.78, 5) is 10.7. The topological polar surface area (TPSA) is 77.2 Å². The molecule has 0 radical (unpaired) electrons. The van der Waals surface area contributed by atoms with Gasteiger partial charge in [-0.1, -0.05) is 23.9 Å². The molecular formula is C16H21N3O3S. The van der Waals surface area contributed by atoms with Crippen LogP contribution in [0.2, 0.25) is 0 Å². The molecule has 1 aromatic heterocycles. The Bertz CT molecular complexity index is 658. The summed E-state index contributed by atoms with van der Waals surface area (Å²) in [6, 6.07) is 7.97. The van der Waals surface area contributed by atoms with Gasteiger partial charge in [0.25, 0.3) is 0 Å². The number of nitrogens with zero attached hydrogens (tertiary/aromatic N) is 3. The molecule has 0 aliphatic carbocycles. The fourth-order valence-electron chi connectivity index (χ4n) is 2.18. The lowest BCUT2D eigenvalue weighted by Crippen LogP contribution is -2.07. The number of benzene rings is 1. The minimum absolute atomic E-state index is 0.00535. The Hall–Kier alpha value is -2.02. The number of thioether (sulfide) groups is 1. The summed E-state index contributed by atoms with van der Waals surface area (Å²) in [6.45, 7) is 5.37. The number of hydrogen-bond acceptors (Lipinski definition) is 5. The summed E-state index contributed by atoms with van der Waals surface area (Å²) < 4.78 is 7.69. The summed E-state index contributed by atoms with van der Waals surface area (Å²) in [5.74, 6) is 0.885. The Labute approximate surface area is 139 Å². The average molecular weight is 335 g/mol. The molecule has 0 aliphatic rings. The number of carboxylic acids is 1. The molecule has 0 unspecified atom stereocenters. The predicted octanol–water partition coefficient (Wildman–Crippen LogP) is 2.79. The summed E-state index contributed by atoms with van der Waals surface area (Å²) in [6.07, 6.45) is 1.58. The highest BCUT2D eigenvalue weighted by atomic mass is 32.2. The van der Waals surface area contributed by atoms with E-state index < -0.39 is 5.97 Å². The molecule has 124 valence electrons. The molecule has 23 heavy (non-hydrogen) atoms. The fourth-order valence-corrected chi connectivity index (χ4v) is 2.92. The quantitative estimate of drug-likeness (QED) is 0.561. The van der Waals surface area contributed by atoms with Crippen LogP contribution in [0.5, 0.6) is 5.75 Å². The number of aliphatic carboxylic acids is 1.